The maximum absolute atomic E-state index is 13.3. The van der Waals surface area contributed by atoms with Crippen molar-refractivity contribution in [3.63, 3.8) is 0 Å². The van der Waals surface area contributed by atoms with Crippen LogP contribution in [0, 0.1) is 0 Å². The maximum atomic E-state index is 13.3. The first-order chi connectivity index (χ1) is 14.4. The zero-order valence-corrected chi connectivity index (χ0v) is 18.6. The smallest absolute Gasteiger partial charge is 0.243 e. The number of amides is 1. The van der Waals surface area contributed by atoms with Crippen LogP contribution in [0.3, 0.4) is 0 Å². The van der Waals surface area contributed by atoms with Crippen molar-refractivity contribution in [2.45, 2.75) is 50.0 Å². The Morgan fingerprint density at radius 2 is 1.70 bits per heavy atom. The molecular formula is C22H27ClN2O4S. The Morgan fingerprint density at radius 3 is 2.30 bits per heavy atom. The lowest BCUT2D eigenvalue weighted by atomic mass is 9.95. The van der Waals surface area contributed by atoms with Crippen molar-refractivity contribution in [1.29, 1.82) is 0 Å². The van der Waals surface area contributed by atoms with Gasteiger partial charge in [0.25, 0.3) is 0 Å². The summed E-state index contributed by atoms with van der Waals surface area (Å²) in [4.78, 5) is 12.9. The van der Waals surface area contributed by atoms with Gasteiger partial charge in [-0.2, -0.15) is 4.31 Å². The Bertz CT molecular complexity index is 940. The van der Waals surface area contributed by atoms with Gasteiger partial charge in [0.05, 0.1) is 18.0 Å². The van der Waals surface area contributed by atoms with Gasteiger partial charge in [0, 0.05) is 16.8 Å². The molecule has 0 heterocycles. The van der Waals surface area contributed by atoms with Crippen molar-refractivity contribution in [2.75, 3.05) is 18.5 Å². The molecule has 0 spiro atoms. The first-order valence-corrected chi connectivity index (χ1v) is 12.0. The van der Waals surface area contributed by atoms with Gasteiger partial charge in [0.2, 0.25) is 15.9 Å². The number of halogens is 1. The number of nitrogens with zero attached hydrogens (tertiary/aromatic N) is 1. The van der Waals surface area contributed by atoms with Crippen LogP contribution in [0.1, 0.15) is 39.0 Å². The number of carbonyl (C=O) groups is 1. The SMILES string of the molecule is CCOc1ccc(NC(=O)CN(C2CCCCC2)S(=O)(=O)c2ccc(Cl)cc2)cc1. The standard InChI is InChI=1S/C22H27ClN2O4S/c1-2-29-20-12-10-18(11-13-20)24-22(26)16-25(19-6-4-3-5-7-19)30(27,28)21-14-8-17(23)9-15-21/h8-15,19H,2-7,16H2,1H3,(H,24,26). The predicted octanol–water partition coefficient (Wildman–Crippen LogP) is 4.70. The van der Waals surface area contributed by atoms with Crippen LogP contribution >= 0.6 is 11.6 Å². The highest BCUT2D eigenvalue weighted by molar-refractivity contribution is 7.89. The summed E-state index contributed by atoms with van der Waals surface area (Å²) < 4.78 is 33.4. The van der Waals surface area contributed by atoms with Crippen LogP contribution in [0.25, 0.3) is 0 Å². The fourth-order valence-electron chi connectivity index (χ4n) is 3.66. The van der Waals surface area contributed by atoms with Crippen LogP contribution in [0.15, 0.2) is 53.4 Å². The van der Waals surface area contributed by atoms with Crippen molar-refractivity contribution in [2.24, 2.45) is 0 Å². The Labute approximate surface area is 183 Å². The van der Waals surface area contributed by atoms with E-state index in [0.29, 0.717) is 23.1 Å². The first-order valence-electron chi connectivity index (χ1n) is 10.2. The summed E-state index contributed by atoms with van der Waals surface area (Å²) in [6.07, 6.45) is 4.51. The molecule has 0 atom stereocenters. The number of sulfonamides is 1. The highest BCUT2D eigenvalue weighted by Gasteiger charge is 2.34. The lowest BCUT2D eigenvalue weighted by Gasteiger charge is -2.33. The third kappa shape index (κ3) is 5.74. The number of carbonyl (C=O) groups excluding carboxylic acids is 1. The van der Waals surface area contributed by atoms with Gasteiger partial charge in [-0.05, 0) is 68.3 Å². The second-order valence-corrected chi connectivity index (χ2v) is 9.63. The van der Waals surface area contributed by atoms with Crippen molar-refractivity contribution >= 4 is 33.2 Å². The molecule has 0 aliphatic heterocycles. The van der Waals surface area contributed by atoms with E-state index < -0.39 is 10.0 Å². The summed E-state index contributed by atoms with van der Waals surface area (Å²) >= 11 is 5.91. The zero-order chi connectivity index (χ0) is 21.6. The molecule has 0 radical (unpaired) electrons. The molecule has 2 aromatic rings. The fraction of sp³-hybridized carbons (Fsp3) is 0.409. The lowest BCUT2D eigenvalue weighted by molar-refractivity contribution is -0.116. The van der Waals surface area contributed by atoms with E-state index in [1.165, 1.54) is 16.4 Å². The van der Waals surface area contributed by atoms with E-state index in [4.69, 9.17) is 16.3 Å². The van der Waals surface area contributed by atoms with Gasteiger partial charge in [0.1, 0.15) is 5.75 Å². The summed E-state index contributed by atoms with van der Waals surface area (Å²) in [6.45, 7) is 2.23. The van der Waals surface area contributed by atoms with Gasteiger partial charge in [-0.25, -0.2) is 8.42 Å². The summed E-state index contributed by atoms with van der Waals surface area (Å²) in [5.41, 5.74) is 0.593. The third-order valence-electron chi connectivity index (χ3n) is 5.15. The Kier molecular flexibility index (Phi) is 7.75. The molecule has 2 aromatic carbocycles. The van der Waals surface area contributed by atoms with Gasteiger partial charge in [-0.15, -0.1) is 0 Å². The molecule has 1 saturated carbocycles. The Hall–Kier alpha value is -2.09. The third-order valence-corrected chi connectivity index (χ3v) is 7.32. The summed E-state index contributed by atoms with van der Waals surface area (Å²) in [6, 6.07) is 12.9. The van der Waals surface area contributed by atoms with Crippen molar-refractivity contribution in [3.8, 4) is 5.75 Å². The average Bonchev–Trinajstić information content (AvgIpc) is 2.74. The summed E-state index contributed by atoms with van der Waals surface area (Å²) in [5, 5.41) is 3.26. The number of nitrogens with one attached hydrogen (secondary N) is 1. The van der Waals surface area contributed by atoms with Crippen molar-refractivity contribution in [3.05, 3.63) is 53.6 Å². The van der Waals surface area contributed by atoms with Gasteiger partial charge >= 0.3 is 0 Å². The molecule has 1 amide bonds. The van der Waals surface area contributed by atoms with E-state index in [1.807, 2.05) is 6.92 Å². The number of ether oxygens (including phenoxy) is 1. The topological polar surface area (TPSA) is 75.7 Å². The molecule has 3 rings (SSSR count). The summed E-state index contributed by atoms with van der Waals surface area (Å²) in [5.74, 6) is 0.340. The largest absolute Gasteiger partial charge is 0.494 e. The molecule has 1 fully saturated rings. The molecule has 1 N–H and O–H groups in total. The molecule has 0 aromatic heterocycles. The minimum absolute atomic E-state index is 0.145. The lowest BCUT2D eigenvalue weighted by Crippen LogP contribution is -2.45. The number of anilines is 1. The minimum Gasteiger partial charge on any atom is -0.494 e. The fourth-order valence-corrected chi connectivity index (χ4v) is 5.43. The molecule has 1 aliphatic rings. The van der Waals surface area contributed by atoms with Crippen LogP contribution in [0.4, 0.5) is 5.69 Å². The molecule has 1 aliphatic carbocycles. The highest BCUT2D eigenvalue weighted by Crippen LogP contribution is 2.28. The minimum atomic E-state index is -3.83. The second-order valence-electron chi connectivity index (χ2n) is 7.30. The monoisotopic (exact) mass is 450 g/mol. The van der Waals surface area contributed by atoms with Crippen LogP contribution in [0.5, 0.6) is 5.75 Å². The number of hydrogen-bond acceptors (Lipinski definition) is 4. The van der Waals surface area contributed by atoms with Crippen LogP contribution in [-0.2, 0) is 14.8 Å². The molecule has 0 unspecified atom stereocenters. The van der Waals surface area contributed by atoms with Crippen LogP contribution in [0.2, 0.25) is 5.02 Å². The van der Waals surface area contributed by atoms with Crippen LogP contribution < -0.4 is 10.1 Å². The zero-order valence-electron chi connectivity index (χ0n) is 17.0. The second kappa shape index (κ2) is 10.3. The molecule has 6 nitrogen and oxygen atoms in total. The van der Waals surface area contributed by atoms with Gasteiger partial charge in [-0.1, -0.05) is 30.9 Å². The van der Waals surface area contributed by atoms with Gasteiger partial charge in [-0.3, -0.25) is 4.79 Å². The quantitative estimate of drug-likeness (QED) is 0.632. The van der Waals surface area contributed by atoms with Gasteiger partial charge < -0.3 is 10.1 Å². The summed E-state index contributed by atoms with van der Waals surface area (Å²) in [7, 11) is -3.83. The molecule has 0 bridgehead atoms. The van der Waals surface area contributed by atoms with Crippen molar-refractivity contribution < 1.29 is 17.9 Å². The Morgan fingerprint density at radius 1 is 1.07 bits per heavy atom. The van der Waals surface area contributed by atoms with Gasteiger partial charge in [0.15, 0.2) is 0 Å². The molecule has 8 heteroatoms. The van der Waals surface area contributed by atoms with Crippen LogP contribution in [-0.4, -0.2) is 37.8 Å². The normalized spacial score (nSPS) is 15.2. The maximum Gasteiger partial charge on any atom is 0.243 e. The van der Waals surface area contributed by atoms with E-state index in [2.05, 4.69) is 5.32 Å². The van der Waals surface area contributed by atoms with E-state index >= 15 is 0 Å². The number of rotatable bonds is 8. The van der Waals surface area contributed by atoms with E-state index in [-0.39, 0.29) is 23.4 Å². The molecule has 162 valence electrons. The Balaban J connectivity index is 1.78. The predicted molar refractivity (Wildman–Crippen MR) is 118 cm³/mol. The van der Waals surface area contributed by atoms with E-state index in [9.17, 15) is 13.2 Å². The van der Waals surface area contributed by atoms with Crippen molar-refractivity contribution in [1.82, 2.24) is 4.31 Å². The highest BCUT2D eigenvalue weighted by atomic mass is 35.5. The molecular weight excluding hydrogens is 424 g/mol. The number of hydrogen-bond donors (Lipinski definition) is 1. The molecule has 0 saturated heterocycles. The van der Waals surface area contributed by atoms with E-state index in [0.717, 1.165) is 32.1 Å². The average molecular weight is 451 g/mol. The van der Waals surface area contributed by atoms with E-state index in [1.54, 1.807) is 36.4 Å². The molecule has 30 heavy (non-hydrogen) atoms. The number of benzene rings is 2. The first kappa shape index (κ1) is 22.6.